The first kappa shape index (κ1) is 13.3. The lowest BCUT2D eigenvalue weighted by molar-refractivity contribution is 0.465. The average molecular weight is 334 g/mol. The van der Waals surface area contributed by atoms with E-state index >= 15 is 0 Å². The summed E-state index contributed by atoms with van der Waals surface area (Å²) in [6, 6.07) is 8.28. The van der Waals surface area contributed by atoms with Crippen molar-refractivity contribution in [2.45, 2.75) is 5.88 Å². The molecule has 2 aromatic carbocycles. The molecule has 0 fully saturated rings. The Kier molecular flexibility index (Phi) is 4.19. The van der Waals surface area contributed by atoms with Crippen molar-refractivity contribution >= 4 is 27.5 Å². The molecule has 94 valence electrons. The second kappa shape index (κ2) is 5.67. The highest BCUT2D eigenvalue weighted by Gasteiger charge is 2.06. The molecule has 0 saturated heterocycles. The molecule has 5 heteroatoms. The number of alkyl halides is 1. The highest BCUT2D eigenvalue weighted by atomic mass is 79.9. The third-order valence-electron chi connectivity index (χ3n) is 2.21. The van der Waals surface area contributed by atoms with Crippen molar-refractivity contribution in [2.75, 3.05) is 0 Å². The summed E-state index contributed by atoms with van der Waals surface area (Å²) in [7, 11) is 0. The Labute approximate surface area is 116 Å². The lowest BCUT2D eigenvalue weighted by Gasteiger charge is -2.09. The molecule has 0 unspecified atom stereocenters. The number of halogens is 4. The summed E-state index contributed by atoms with van der Waals surface area (Å²) >= 11 is 9.00. The molecule has 0 aromatic heterocycles. The van der Waals surface area contributed by atoms with Crippen molar-refractivity contribution in [3.8, 4) is 11.5 Å². The van der Waals surface area contributed by atoms with Gasteiger partial charge in [-0.2, -0.15) is 0 Å². The number of rotatable bonds is 3. The molecule has 2 rings (SSSR count). The van der Waals surface area contributed by atoms with Crippen LogP contribution in [-0.4, -0.2) is 0 Å². The van der Waals surface area contributed by atoms with Crippen LogP contribution in [0, 0.1) is 11.6 Å². The lowest BCUT2D eigenvalue weighted by Crippen LogP contribution is -1.89. The molecule has 2 aromatic rings. The van der Waals surface area contributed by atoms with Gasteiger partial charge < -0.3 is 4.74 Å². The Morgan fingerprint density at radius 2 is 1.72 bits per heavy atom. The van der Waals surface area contributed by atoms with E-state index in [2.05, 4.69) is 15.9 Å². The Balaban J connectivity index is 2.28. The van der Waals surface area contributed by atoms with Gasteiger partial charge in [0.05, 0.1) is 4.47 Å². The molecule has 18 heavy (non-hydrogen) atoms. The molecule has 0 spiro atoms. The van der Waals surface area contributed by atoms with Gasteiger partial charge in [-0.15, -0.1) is 11.6 Å². The largest absolute Gasteiger partial charge is 0.456 e. The van der Waals surface area contributed by atoms with Crippen molar-refractivity contribution in [3.05, 3.63) is 58.1 Å². The highest BCUT2D eigenvalue weighted by Crippen LogP contribution is 2.31. The van der Waals surface area contributed by atoms with Gasteiger partial charge in [0.1, 0.15) is 23.1 Å². The molecule has 0 atom stereocenters. The van der Waals surface area contributed by atoms with Crippen LogP contribution >= 0.6 is 27.5 Å². The fourth-order valence-corrected chi connectivity index (χ4v) is 2.10. The Morgan fingerprint density at radius 3 is 2.28 bits per heavy atom. The molecule has 0 amide bonds. The van der Waals surface area contributed by atoms with Crippen LogP contribution in [0.4, 0.5) is 8.78 Å². The van der Waals surface area contributed by atoms with Gasteiger partial charge in [0, 0.05) is 24.1 Å². The summed E-state index contributed by atoms with van der Waals surface area (Å²) in [5.41, 5.74) is 0.918. The van der Waals surface area contributed by atoms with Crippen LogP contribution in [0.25, 0.3) is 0 Å². The molecule has 0 aliphatic heterocycles. The van der Waals surface area contributed by atoms with Crippen molar-refractivity contribution in [1.29, 1.82) is 0 Å². The molecule has 0 aliphatic rings. The average Bonchev–Trinajstić information content (AvgIpc) is 2.30. The zero-order valence-corrected chi connectivity index (χ0v) is 11.4. The Bertz CT molecular complexity index is 555. The predicted octanol–water partition coefficient (Wildman–Crippen LogP) is 5.26. The van der Waals surface area contributed by atoms with Crippen LogP contribution in [0.1, 0.15) is 5.56 Å². The van der Waals surface area contributed by atoms with Gasteiger partial charge in [0.15, 0.2) is 0 Å². The van der Waals surface area contributed by atoms with E-state index in [-0.39, 0.29) is 5.75 Å². The van der Waals surface area contributed by atoms with Crippen molar-refractivity contribution in [2.24, 2.45) is 0 Å². The Hall–Kier alpha value is -1.13. The molecular weight excluding hydrogens is 325 g/mol. The summed E-state index contributed by atoms with van der Waals surface area (Å²) in [6.45, 7) is 0. The minimum atomic E-state index is -0.682. The Morgan fingerprint density at radius 1 is 1.06 bits per heavy atom. The number of hydrogen-bond donors (Lipinski definition) is 0. The molecular formula is C13H8BrClF2O. The first-order valence-corrected chi connectivity index (χ1v) is 6.39. The number of benzene rings is 2. The van der Waals surface area contributed by atoms with E-state index in [1.807, 2.05) is 0 Å². The molecule has 0 aliphatic carbocycles. The van der Waals surface area contributed by atoms with Gasteiger partial charge in [-0.3, -0.25) is 0 Å². The molecule has 0 N–H and O–H groups in total. The quantitative estimate of drug-likeness (QED) is 0.696. The van der Waals surface area contributed by atoms with Gasteiger partial charge in [-0.05, 0) is 33.6 Å². The van der Waals surface area contributed by atoms with E-state index in [1.165, 1.54) is 0 Å². The van der Waals surface area contributed by atoms with Gasteiger partial charge in [-0.25, -0.2) is 8.78 Å². The third kappa shape index (κ3) is 3.21. The zero-order chi connectivity index (χ0) is 13.1. The monoisotopic (exact) mass is 332 g/mol. The summed E-state index contributed by atoms with van der Waals surface area (Å²) in [6.07, 6.45) is 0. The fraction of sp³-hybridized carbons (Fsp3) is 0.0769. The van der Waals surface area contributed by atoms with Crippen LogP contribution in [0.3, 0.4) is 0 Å². The second-order valence-electron chi connectivity index (χ2n) is 3.61. The van der Waals surface area contributed by atoms with Crippen LogP contribution in [0.15, 0.2) is 40.9 Å². The molecule has 1 nitrogen and oxygen atoms in total. The van der Waals surface area contributed by atoms with Crippen LogP contribution in [0.2, 0.25) is 0 Å². The number of ether oxygens (including phenoxy) is 1. The van der Waals surface area contributed by atoms with E-state index in [0.717, 1.165) is 23.8 Å². The molecule has 0 heterocycles. The number of hydrogen-bond acceptors (Lipinski definition) is 1. The standard InChI is InChI=1S/C13H8BrClF2O/c14-12-3-8(7-15)1-2-13(12)18-11-5-9(16)4-10(17)6-11/h1-6H,7H2. The van der Waals surface area contributed by atoms with E-state index < -0.39 is 11.6 Å². The maximum absolute atomic E-state index is 13.0. The smallest absolute Gasteiger partial charge is 0.141 e. The molecule has 0 radical (unpaired) electrons. The summed E-state index contributed by atoms with van der Waals surface area (Å²) < 4.78 is 32.1. The van der Waals surface area contributed by atoms with Crippen molar-refractivity contribution in [3.63, 3.8) is 0 Å². The normalized spacial score (nSPS) is 10.4. The van der Waals surface area contributed by atoms with E-state index in [4.69, 9.17) is 16.3 Å². The summed E-state index contributed by atoms with van der Waals surface area (Å²) in [5.74, 6) is -0.411. The molecule has 0 saturated carbocycles. The van der Waals surface area contributed by atoms with E-state index in [9.17, 15) is 8.78 Å². The maximum atomic E-state index is 13.0. The summed E-state index contributed by atoms with van der Waals surface area (Å²) in [5, 5.41) is 0. The lowest BCUT2D eigenvalue weighted by atomic mass is 10.2. The van der Waals surface area contributed by atoms with Gasteiger partial charge in [0.2, 0.25) is 0 Å². The third-order valence-corrected chi connectivity index (χ3v) is 3.14. The first-order chi connectivity index (χ1) is 8.58. The maximum Gasteiger partial charge on any atom is 0.141 e. The fourth-order valence-electron chi connectivity index (χ4n) is 1.42. The van der Waals surface area contributed by atoms with E-state index in [0.29, 0.717) is 16.1 Å². The van der Waals surface area contributed by atoms with Crippen molar-refractivity contribution in [1.82, 2.24) is 0 Å². The van der Waals surface area contributed by atoms with Crippen LogP contribution in [0.5, 0.6) is 11.5 Å². The summed E-state index contributed by atoms with van der Waals surface area (Å²) in [4.78, 5) is 0. The minimum Gasteiger partial charge on any atom is -0.456 e. The van der Waals surface area contributed by atoms with Gasteiger partial charge in [0.25, 0.3) is 0 Å². The zero-order valence-electron chi connectivity index (χ0n) is 9.09. The topological polar surface area (TPSA) is 9.23 Å². The minimum absolute atomic E-state index is 0.104. The SMILES string of the molecule is Fc1cc(F)cc(Oc2ccc(CCl)cc2Br)c1. The van der Waals surface area contributed by atoms with E-state index in [1.54, 1.807) is 18.2 Å². The predicted molar refractivity (Wildman–Crippen MR) is 70.1 cm³/mol. The molecule has 0 bridgehead atoms. The first-order valence-electron chi connectivity index (χ1n) is 5.07. The van der Waals surface area contributed by atoms with Gasteiger partial charge >= 0.3 is 0 Å². The van der Waals surface area contributed by atoms with Gasteiger partial charge in [-0.1, -0.05) is 6.07 Å². The van der Waals surface area contributed by atoms with Crippen molar-refractivity contribution < 1.29 is 13.5 Å². The second-order valence-corrected chi connectivity index (χ2v) is 4.73. The highest BCUT2D eigenvalue weighted by molar-refractivity contribution is 9.10. The van der Waals surface area contributed by atoms with Crippen LogP contribution in [-0.2, 0) is 5.88 Å². The van der Waals surface area contributed by atoms with Crippen LogP contribution < -0.4 is 4.74 Å².